The molecule has 1 saturated heterocycles. The van der Waals surface area contributed by atoms with Crippen LogP contribution in [0.25, 0.3) is 0 Å². The largest absolute Gasteiger partial charge is 0.352 e. The minimum Gasteiger partial charge on any atom is -0.352 e. The zero-order valence-corrected chi connectivity index (χ0v) is 12.3. The summed E-state index contributed by atoms with van der Waals surface area (Å²) in [6, 6.07) is 0.0882. The van der Waals surface area contributed by atoms with Gasteiger partial charge in [0.15, 0.2) is 0 Å². The summed E-state index contributed by atoms with van der Waals surface area (Å²) in [4.78, 5) is 25.4. The summed E-state index contributed by atoms with van der Waals surface area (Å²) in [5, 5.41) is 2.90. The van der Waals surface area contributed by atoms with Crippen LogP contribution in [0.3, 0.4) is 0 Å². The summed E-state index contributed by atoms with van der Waals surface area (Å²) in [5.74, 6) is 0.0488. The molecule has 0 spiro atoms. The van der Waals surface area contributed by atoms with Crippen molar-refractivity contribution >= 4 is 24.2 Å². The second kappa shape index (κ2) is 6.57. The Bertz CT molecular complexity index is 343. The molecule has 19 heavy (non-hydrogen) atoms. The fraction of sp³-hybridized carbons (Fsp3) is 0.846. The third-order valence-corrected chi connectivity index (χ3v) is 4.04. The predicted octanol–water partition coefficient (Wildman–Crippen LogP) is 0.807. The topological polar surface area (TPSA) is 75.4 Å². The number of rotatable bonds is 2. The van der Waals surface area contributed by atoms with Crippen LogP contribution in [0.5, 0.6) is 0 Å². The third-order valence-electron chi connectivity index (χ3n) is 4.04. The second-order valence-electron chi connectivity index (χ2n) is 5.65. The normalized spacial score (nSPS) is 25.6. The standard InChI is InChI=1S/C13H23N3O2.ClH/c1-10(17)15-11-5-4-8-16(9-11)12(18)13(14)6-2-3-7-13;/h11H,2-9,14H2,1H3,(H,15,17);1H. The number of hydrogen-bond donors (Lipinski definition) is 2. The smallest absolute Gasteiger partial charge is 0.242 e. The van der Waals surface area contributed by atoms with E-state index in [1.165, 1.54) is 6.92 Å². The number of likely N-dealkylation sites (tertiary alicyclic amines) is 1. The highest BCUT2D eigenvalue weighted by molar-refractivity contribution is 5.86. The van der Waals surface area contributed by atoms with Gasteiger partial charge in [0.1, 0.15) is 0 Å². The van der Waals surface area contributed by atoms with E-state index in [0.29, 0.717) is 6.54 Å². The minimum atomic E-state index is -0.641. The number of carbonyl (C=O) groups is 2. The van der Waals surface area contributed by atoms with Gasteiger partial charge in [0.25, 0.3) is 0 Å². The van der Waals surface area contributed by atoms with Gasteiger partial charge in [0.2, 0.25) is 11.8 Å². The van der Waals surface area contributed by atoms with Crippen molar-refractivity contribution < 1.29 is 9.59 Å². The monoisotopic (exact) mass is 289 g/mol. The van der Waals surface area contributed by atoms with E-state index in [9.17, 15) is 9.59 Å². The van der Waals surface area contributed by atoms with Gasteiger partial charge in [-0.1, -0.05) is 12.8 Å². The number of halogens is 1. The maximum atomic E-state index is 12.4. The van der Waals surface area contributed by atoms with E-state index in [1.807, 2.05) is 4.90 Å². The van der Waals surface area contributed by atoms with Gasteiger partial charge in [-0.15, -0.1) is 12.4 Å². The molecule has 1 unspecified atom stereocenters. The van der Waals surface area contributed by atoms with Crippen molar-refractivity contribution in [2.24, 2.45) is 5.73 Å². The molecule has 110 valence electrons. The molecule has 3 N–H and O–H groups in total. The molecule has 5 nitrogen and oxygen atoms in total. The van der Waals surface area contributed by atoms with Crippen LogP contribution in [0.15, 0.2) is 0 Å². The van der Waals surface area contributed by atoms with E-state index < -0.39 is 5.54 Å². The summed E-state index contributed by atoms with van der Waals surface area (Å²) in [7, 11) is 0. The van der Waals surface area contributed by atoms with Crippen LogP contribution in [0.4, 0.5) is 0 Å². The minimum absolute atomic E-state index is 0. The first-order valence-electron chi connectivity index (χ1n) is 6.87. The molecule has 1 heterocycles. The van der Waals surface area contributed by atoms with E-state index in [1.54, 1.807) is 0 Å². The van der Waals surface area contributed by atoms with E-state index in [2.05, 4.69) is 5.32 Å². The molecule has 1 saturated carbocycles. The molecule has 0 radical (unpaired) electrons. The van der Waals surface area contributed by atoms with E-state index >= 15 is 0 Å². The van der Waals surface area contributed by atoms with Crippen molar-refractivity contribution in [3.8, 4) is 0 Å². The zero-order chi connectivity index (χ0) is 13.2. The maximum Gasteiger partial charge on any atom is 0.242 e. The summed E-state index contributed by atoms with van der Waals surface area (Å²) < 4.78 is 0. The number of hydrogen-bond acceptors (Lipinski definition) is 3. The molecule has 2 aliphatic rings. The van der Waals surface area contributed by atoms with Crippen molar-refractivity contribution in [3.05, 3.63) is 0 Å². The lowest BCUT2D eigenvalue weighted by Crippen LogP contribution is -2.58. The van der Waals surface area contributed by atoms with E-state index in [-0.39, 0.29) is 30.3 Å². The Morgan fingerprint density at radius 1 is 1.26 bits per heavy atom. The highest BCUT2D eigenvalue weighted by atomic mass is 35.5. The molecular weight excluding hydrogens is 266 g/mol. The fourth-order valence-corrected chi connectivity index (χ4v) is 3.10. The van der Waals surface area contributed by atoms with Gasteiger partial charge in [-0.25, -0.2) is 0 Å². The third kappa shape index (κ3) is 3.83. The average Bonchev–Trinajstić information content (AvgIpc) is 2.76. The Morgan fingerprint density at radius 2 is 1.89 bits per heavy atom. The molecule has 0 aromatic carbocycles. The van der Waals surface area contributed by atoms with E-state index in [4.69, 9.17) is 5.73 Å². The van der Waals surface area contributed by atoms with Gasteiger partial charge in [-0.3, -0.25) is 9.59 Å². The van der Waals surface area contributed by atoms with Gasteiger partial charge in [0.05, 0.1) is 5.54 Å². The number of nitrogens with two attached hydrogens (primary N) is 1. The van der Waals surface area contributed by atoms with Crippen molar-refractivity contribution in [2.45, 2.75) is 57.0 Å². The summed E-state index contributed by atoms with van der Waals surface area (Å²) in [5.41, 5.74) is 5.56. The van der Waals surface area contributed by atoms with Gasteiger partial charge in [-0.2, -0.15) is 0 Å². The summed E-state index contributed by atoms with van der Waals surface area (Å²) >= 11 is 0. The first-order chi connectivity index (χ1) is 8.51. The lowest BCUT2D eigenvalue weighted by molar-refractivity contribution is -0.138. The maximum absolute atomic E-state index is 12.4. The molecule has 1 aliphatic heterocycles. The van der Waals surface area contributed by atoms with Gasteiger partial charge in [0, 0.05) is 26.1 Å². The van der Waals surface area contributed by atoms with Gasteiger partial charge in [-0.05, 0) is 25.7 Å². The Balaban J connectivity index is 0.00000180. The van der Waals surface area contributed by atoms with Crippen molar-refractivity contribution in [2.75, 3.05) is 13.1 Å². The molecule has 1 atom stereocenters. The van der Waals surface area contributed by atoms with Crippen molar-refractivity contribution in [3.63, 3.8) is 0 Å². The van der Waals surface area contributed by atoms with Gasteiger partial charge >= 0.3 is 0 Å². The fourth-order valence-electron chi connectivity index (χ4n) is 3.10. The number of carbonyl (C=O) groups excluding carboxylic acids is 2. The van der Waals surface area contributed by atoms with Crippen LogP contribution in [0.1, 0.15) is 45.4 Å². The van der Waals surface area contributed by atoms with Crippen molar-refractivity contribution in [1.82, 2.24) is 10.2 Å². The van der Waals surface area contributed by atoms with Crippen LogP contribution in [0.2, 0.25) is 0 Å². The molecular formula is C13H24ClN3O2. The highest BCUT2D eigenvalue weighted by Gasteiger charge is 2.40. The quantitative estimate of drug-likeness (QED) is 0.790. The molecule has 1 aliphatic carbocycles. The first-order valence-corrected chi connectivity index (χ1v) is 6.87. The Morgan fingerprint density at radius 3 is 2.47 bits per heavy atom. The predicted molar refractivity (Wildman–Crippen MR) is 76.1 cm³/mol. The first kappa shape index (κ1) is 16.2. The lowest BCUT2D eigenvalue weighted by atomic mass is 9.95. The molecule has 0 bridgehead atoms. The Hall–Kier alpha value is -0.810. The van der Waals surface area contributed by atoms with Crippen LogP contribution in [0, 0.1) is 0 Å². The second-order valence-corrected chi connectivity index (χ2v) is 5.65. The van der Waals surface area contributed by atoms with Crippen molar-refractivity contribution in [1.29, 1.82) is 0 Å². The number of nitrogens with one attached hydrogen (secondary N) is 1. The Labute approximate surface area is 120 Å². The number of amides is 2. The van der Waals surface area contributed by atoms with E-state index in [0.717, 1.165) is 45.1 Å². The zero-order valence-electron chi connectivity index (χ0n) is 11.5. The average molecular weight is 290 g/mol. The molecule has 6 heteroatoms. The number of piperidine rings is 1. The van der Waals surface area contributed by atoms with Crippen LogP contribution in [-0.4, -0.2) is 41.4 Å². The molecule has 2 amide bonds. The van der Waals surface area contributed by atoms with Crippen LogP contribution >= 0.6 is 12.4 Å². The Kier molecular flexibility index (Phi) is 5.62. The van der Waals surface area contributed by atoms with Gasteiger partial charge < -0.3 is 16.0 Å². The SMILES string of the molecule is CC(=O)NC1CCCN(C(=O)C2(N)CCCC2)C1.Cl. The molecule has 0 aromatic rings. The molecule has 0 aromatic heterocycles. The number of nitrogens with zero attached hydrogens (tertiary/aromatic N) is 1. The molecule has 2 rings (SSSR count). The lowest BCUT2D eigenvalue weighted by Gasteiger charge is -2.37. The summed E-state index contributed by atoms with van der Waals surface area (Å²) in [6.07, 6.45) is 5.57. The highest BCUT2D eigenvalue weighted by Crippen LogP contribution is 2.29. The summed E-state index contributed by atoms with van der Waals surface area (Å²) in [6.45, 7) is 2.90. The molecule has 2 fully saturated rings. The van der Waals surface area contributed by atoms with Crippen LogP contribution in [-0.2, 0) is 9.59 Å². The van der Waals surface area contributed by atoms with Crippen LogP contribution < -0.4 is 11.1 Å².